The summed E-state index contributed by atoms with van der Waals surface area (Å²) in [6.07, 6.45) is 0.700. The molecule has 1 aliphatic heterocycles. The van der Waals surface area contributed by atoms with Crippen LogP contribution in [0.5, 0.6) is 11.8 Å². The topological polar surface area (TPSA) is 90.6 Å². The Kier molecular flexibility index (Phi) is 4.56. The average Bonchev–Trinajstić information content (AvgIpc) is 3.08. The summed E-state index contributed by atoms with van der Waals surface area (Å²) < 4.78 is 30.5. The Balaban J connectivity index is 1.85. The van der Waals surface area contributed by atoms with Crippen LogP contribution in [0.25, 0.3) is 0 Å². The first-order valence-electron chi connectivity index (χ1n) is 7.85. The van der Waals surface area contributed by atoms with E-state index in [1.165, 1.54) is 19.1 Å². The predicted octanol–water partition coefficient (Wildman–Crippen LogP) is 1.89. The number of carbonyl (C=O) groups is 1. The number of hydrogen-bond acceptors (Lipinski definition) is 7. The van der Waals surface area contributed by atoms with Crippen LogP contribution in [0.15, 0.2) is 16.7 Å². The van der Waals surface area contributed by atoms with E-state index in [9.17, 15) is 4.79 Å². The van der Waals surface area contributed by atoms with Gasteiger partial charge in [-0.2, -0.15) is 9.97 Å². The van der Waals surface area contributed by atoms with Gasteiger partial charge in [0.1, 0.15) is 5.56 Å². The lowest BCUT2D eigenvalue weighted by molar-refractivity contribution is 0.0150. The second-order valence-electron chi connectivity index (χ2n) is 5.85. The summed E-state index contributed by atoms with van der Waals surface area (Å²) >= 11 is 0. The molecule has 0 N–H and O–H groups in total. The molecule has 3 heterocycles. The molecule has 25 heavy (non-hydrogen) atoms. The average molecular weight is 350 g/mol. The zero-order chi connectivity index (χ0) is 18.0. The van der Waals surface area contributed by atoms with Gasteiger partial charge in [0.15, 0.2) is 5.82 Å². The van der Waals surface area contributed by atoms with Crippen LogP contribution in [-0.2, 0) is 5.67 Å². The van der Waals surface area contributed by atoms with Crippen LogP contribution in [0, 0.1) is 6.92 Å². The monoisotopic (exact) mass is 350 g/mol. The Morgan fingerprint density at radius 1 is 1.32 bits per heavy atom. The number of aromatic nitrogens is 3. The van der Waals surface area contributed by atoms with Crippen molar-refractivity contribution in [2.75, 3.05) is 27.3 Å². The number of carbonyl (C=O) groups excluding carboxylic acids is 1. The molecular formula is C16H19FN4O4. The number of aryl methyl sites for hydroxylation is 1. The van der Waals surface area contributed by atoms with E-state index in [1.54, 1.807) is 19.1 Å². The molecule has 134 valence electrons. The number of alkyl halides is 1. The van der Waals surface area contributed by atoms with Gasteiger partial charge in [-0.05, 0) is 25.8 Å². The summed E-state index contributed by atoms with van der Waals surface area (Å²) in [5.74, 6) is 0.352. The third kappa shape index (κ3) is 3.26. The van der Waals surface area contributed by atoms with Gasteiger partial charge in [0.25, 0.3) is 11.8 Å². The number of pyridine rings is 1. The quantitative estimate of drug-likeness (QED) is 0.831. The van der Waals surface area contributed by atoms with Gasteiger partial charge in [-0.15, -0.1) is 0 Å². The zero-order valence-corrected chi connectivity index (χ0v) is 14.3. The summed E-state index contributed by atoms with van der Waals surface area (Å²) in [6.45, 7) is 1.88. The number of likely N-dealkylation sites (tertiary alicyclic amines) is 1. The Bertz CT molecular complexity index is 781. The lowest BCUT2D eigenvalue weighted by atomic mass is 9.94. The van der Waals surface area contributed by atoms with Crippen LogP contribution in [0.1, 0.15) is 34.9 Å². The number of amides is 1. The second-order valence-corrected chi connectivity index (χ2v) is 5.85. The molecule has 0 aliphatic carbocycles. The molecule has 2 aromatic rings. The van der Waals surface area contributed by atoms with Crippen LogP contribution >= 0.6 is 0 Å². The van der Waals surface area contributed by atoms with Gasteiger partial charge in [-0.3, -0.25) is 4.79 Å². The Labute approximate surface area is 143 Å². The Morgan fingerprint density at radius 2 is 2.12 bits per heavy atom. The van der Waals surface area contributed by atoms with Gasteiger partial charge >= 0.3 is 0 Å². The van der Waals surface area contributed by atoms with E-state index < -0.39 is 5.67 Å². The largest absolute Gasteiger partial charge is 0.481 e. The third-order valence-electron chi connectivity index (χ3n) is 4.11. The number of methoxy groups -OCH3 is 2. The van der Waals surface area contributed by atoms with Crippen molar-refractivity contribution in [3.63, 3.8) is 0 Å². The summed E-state index contributed by atoms with van der Waals surface area (Å²) in [5, 5.41) is 3.64. The molecule has 0 saturated carbocycles. The van der Waals surface area contributed by atoms with Gasteiger partial charge in [-0.25, -0.2) is 4.39 Å². The third-order valence-corrected chi connectivity index (χ3v) is 4.11. The maximum Gasteiger partial charge on any atom is 0.266 e. The van der Waals surface area contributed by atoms with Crippen LogP contribution in [-0.4, -0.2) is 53.2 Å². The van der Waals surface area contributed by atoms with E-state index in [4.69, 9.17) is 14.0 Å². The second kappa shape index (κ2) is 6.66. The van der Waals surface area contributed by atoms with Crippen LogP contribution in [0.4, 0.5) is 4.39 Å². The molecule has 1 atom stereocenters. The minimum absolute atomic E-state index is 0.0951. The molecule has 9 heteroatoms. The van der Waals surface area contributed by atoms with E-state index >= 15 is 4.39 Å². The van der Waals surface area contributed by atoms with Crippen LogP contribution in [0.3, 0.4) is 0 Å². The number of hydrogen-bond donors (Lipinski definition) is 0. The number of piperidine rings is 1. The normalized spacial score (nSPS) is 20.4. The Hall–Kier alpha value is -2.71. The molecule has 1 saturated heterocycles. The molecule has 1 unspecified atom stereocenters. The highest BCUT2D eigenvalue weighted by Crippen LogP contribution is 2.35. The predicted molar refractivity (Wildman–Crippen MR) is 84.3 cm³/mol. The van der Waals surface area contributed by atoms with Gasteiger partial charge in [0.2, 0.25) is 17.4 Å². The first-order valence-corrected chi connectivity index (χ1v) is 7.85. The highest BCUT2D eigenvalue weighted by molar-refractivity contribution is 5.96. The Morgan fingerprint density at radius 3 is 2.76 bits per heavy atom. The maximum atomic E-state index is 15.3. The highest BCUT2D eigenvalue weighted by Gasteiger charge is 2.44. The molecule has 2 aromatic heterocycles. The van der Waals surface area contributed by atoms with Gasteiger partial charge < -0.3 is 18.9 Å². The number of rotatable bonds is 4. The molecule has 0 radical (unpaired) electrons. The first-order chi connectivity index (χ1) is 12.0. The fourth-order valence-corrected chi connectivity index (χ4v) is 2.86. The molecule has 3 rings (SSSR count). The molecule has 0 spiro atoms. The number of ether oxygens (including phenoxy) is 2. The van der Waals surface area contributed by atoms with E-state index in [-0.39, 0.29) is 36.2 Å². The molecule has 8 nitrogen and oxygen atoms in total. The summed E-state index contributed by atoms with van der Waals surface area (Å²) in [7, 11) is 2.88. The fraction of sp³-hybridized carbons (Fsp3) is 0.500. The molecular weight excluding hydrogens is 331 g/mol. The van der Waals surface area contributed by atoms with Crippen molar-refractivity contribution < 1.29 is 23.2 Å². The van der Waals surface area contributed by atoms with Crippen LogP contribution in [0.2, 0.25) is 0 Å². The van der Waals surface area contributed by atoms with E-state index in [0.717, 1.165) is 0 Å². The van der Waals surface area contributed by atoms with E-state index in [0.29, 0.717) is 24.7 Å². The standard InChI is InChI=1S/C16H19FN4O4/c1-10-18-15(25-20-10)16(17)7-4-8-21(9-16)14(22)11-5-6-12(23-2)19-13(11)24-3/h5-6H,4,7-9H2,1-3H3. The minimum atomic E-state index is -1.86. The van der Waals surface area contributed by atoms with Crippen molar-refractivity contribution in [1.29, 1.82) is 0 Å². The lowest BCUT2D eigenvalue weighted by Gasteiger charge is -2.35. The first kappa shape index (κ1) is 17.1. The maximum absolute atomic E-state index is 15.3. The molecule has 1 fully saturated rings. The smallest absolute Gasteiger partial charge is 0.266 e. The highest BCUT2D eigenvalue weighted by atomic mass is 19.1. The summed E-state index contributed by atoms with van der Waals surface area (Å²) in [4.78, 5) is 22.3. The number of halogens is 1. The number of nitrogens with zero attached hydrogens (tertiary/aromatic N) is 4. The van der Waals surface area contributed by atoms with Crippen molar-refractivity contribution in [1.82, 2.24) is 20.0 Å². The van der Waals surface area contributed by atoms with Crippen LogP contribution < -0.4 is 9.47 Å². The summed E-state index contributed by atoms with van der Waals surface area (Å²) in [6, 6.07) is 3.11. The molecule has 1 aliphatic rings. The van der Waals surface area contributed by atoms with Gasteiger partial charge in [0, 0.05) is 12.6 Å². The summed E-state index contributed by atoms with van der Waals surface area (Å²) in [5.41, 5.74) is -1.61. The van der Waals surface area contributed by atoms with Crippen molar-refractivity contribution in [2.24, 2.45) is 0 Å². The lowest BCUT2D eigenvalue weighted by Crippen LogP contribution is -2.46. The molecule has 0 aromatic carbocycles. The van der Waals surface area contributed by atoms with Crippen molar-refractivity contribution in [3.05, 3.63) is 29.4 Å². The molecule has 1 amide bonds. The van der Waals surface area contributed by atoms with E-state index in [1.807, 2.05) is 0 Å². The SMILES string of the molecule is COc1ccc(C(=O)N2CCCC(F)(c3nc(C)no3)C2)c(OC)n1. The zero-order valence-electron chi connectivity index (χ0n) is 14.3. The van der Waals surface area contributed by atoms with Crippen molar-refractivity contribution in [3.8, 4) is 11.8 Å². The van der Waals surface area contributed by atoms with Gasteiger partial charge in [-0.1, -0.05) is 5.16 Å². The van der Waals surface area contributed by atoms with Crippen molar-refractivity contribution >= 4 is 5.91 Å². The minimum Gasteiger partial charge on any atom is -0.481 e. The fourth-order valence-electron chi connectivity index (χ4n) is 2.86. The van der Waals surface area contributed by atoms with Gasteiger partial charge in [0.05, 0.1) is 20.8 Å². The van der Waals surface area contributed by atoms with Crippen molar-refractivity contribution in [2.45, 2.75) is 25.4 Å². The van der Waals surface area contributed by atoms with E-state index in [2.05, 4.69) is 15.1 Å². The molecule has 0 bridgehead atoms.